The van der Waals surface area contributed by atoms with Crippen LogP contribution in [0.15, 0.2) is 23.1 Å². The van der Waals surface area contributed by atoms with Gasteiger partial charge < -0.3 is 10.3 Å². The smallest absolute Gasteiger partial charge is 0.252 e. The van der Waals surface area contributed by atoms with Crippen LogP contribution in [-0.2, 0) is 0 Å². The van der Waals surface area contributed by atoms with E-state index < -0.39 is 0 Å². The molecule has 1 heterocycles. The Morgan fingerprint density at radius 2 is 2.06 bits per heavy atom. The molecule has 1 amide bonds. The second-order valence-corrected chi connectivity index (χ2v) is 4.54. The van der Waals surface area contributed by atoms with E-state index in [2.05, 4.69) is 24.1 Å². The topological polar surface area (TPSA) is 62.0 Å². The predicted molar refractivity (Wildman–Crippen MR) is 72.7 cm³/mol. The Morgan fingerprint density at radius 1 is 1.28 bits per heavy atom. The van der Waals surface area contributed by atoms with Crippen LogP contribution < -0.4 is 10.9 Å². The third-order valence-corrected chi connectivity index (χ3v) is 2.92. The molecule has 4 heteroatoms. The van der Waals surface area contributed by atoms with E-state index in [9.17, 15) is 9.59 Å². The van der Waals surface area contributed by atoms with E-state index in [-0.39, 0.29) is 17.5 Å². The number of hydrogen-bond donors (Lipinski definition) is 2. The number of hydrogen-bond acceptors (Lipinski definition) is 2. The van der Waals surface area contributed by atoms with Gasteiger partial charge in [0, 0.05) is 18.3 Å². The van der Waals surface area contributed by atoms with Crippen molar-refractivity contribution in [3.8, 4) is 0 Å². The van der Waals surface area contributed by atoms with Crippen LogP contribution in [0, 0.1) is 0 Å². The van der Waals surface area contributed by atoms with E-state index in [1.165, 1.54) is 12.3 Å². The molecule has 1 rings (SSSR count). The Bertz CT molecular complexity index is 406. The van der Waals surface area contributed by atoms with Gasteiger partial charge in [-0.3, -0.25) is 9.59 Å². The number of rotatable bonds is 7. The minimum Gasteiger partial charge on any atom is -0.349 e. The molecule has 0 aliphatic carbocycles. The zero-order valence-electron chi connectivity index (χ0n) is 11.2. The summed E-state index contributed by atoms with van der Waals surface area (Å²) in [6.45, 7) is 4.26. The number of unbranched alkanes of at least 4 members (excludes halogenated alkanes) is 1. The highest BCUT2D eigenvalue weighted by Crippen LogP contribution is 2.08. The van der Waals surface area contributed by atoms with Crippen molar-refractivity contribution in [2.24, 2.45) is 0 Å². The molecular weight excluding hydrogens is 228 g/mol. The molecule has 0 fully saturated rings. The number of pyridine rings is 1. The van der Waals surface area contributed by atoms with Crippen LogP contribution in [0.5, 0.6) is 0 Å². The molecule has 0 spiro atoms. The molecule has 0 saturated heterocycles. The highest BCUT2D eigenvalue weighted by molar-refractivity contribution is 5.93. The number of amides is 1. The van der Waals surface area contributed by atoms with E-state index in [4.69, 9.17) is 0 Å². The van der Waals surface area contributed by atoms with Crippen LogP contribution in [0.25, 0.3) is 0 Å². The van der Waals surface area contributed by atoms with Crippen LogP contribution in [0.3, 0.4) is 0 Å². The zero-order chi connectivity index (χ0) is 13.4. The first kappa shape index (κ1) is 14.5. The van der Waals surface area contributed by atoms with Gasteiger partial charge in [0.25, 0.3) is 5.91 Å². The van der Waals surface area contributed by atoms with Gasteiger partial charge in [0.05, 0.1) is 5.56 Å². The van der Waals surface area contributed by atoms with E-state index in [0.717, 1.165) is 32.1 Å². The van der Waals surface area contributed by atoms with E-state index in [1.54, 1.807) is 6.07 Å². The normalized spacial score (nSPS) is 12.1. The van der Waals surface area contributed by atoms with E-state index >= 15 is 0 Å². The van der Waals surface area contributed by atoms with Gasteiger partial charge in [0.2, 0.25) is 5.56 Å². The van der Waals surface area contributed by atoms with Crippen LogP contribution >= 0.6 is 0 Å². The Kier molecular flexibility index (Phi) is 6.19. The predicted octanol–water partition coefficient (Wildman–Crippen LogP) is 2.46. The maximum absolute atomic E-state index is 12.0. The highest BCUT2D eigenvalue weighted by atomic mass is 16.2. The molecule has 0 bridgehead atoms. The molecular formula is C14H22N2O2. The quantitative estimate of drug-likeness (QED) is 0.781. The molecule has 0 radical (unpaired) electrons. The van der Waals surface area contributed by atoms with Crippen molar-refractivity contribution in [1.82, 2.24) is 10.3 Å². The molecule has 4 nitrogen and oxygen atoms in total. The lowest BCUT2D eigenvalue weighted by Gasteiger charge is -2.17. The largest absolute Gasteiger partial charge is 0.349 e. The second kappa shape index (κ2) is 7.69. The average molecular weight is 250 g/mol. The van der Waals surface area contributed by atoms with Crippen LogP contribution in [0.1, 0.15) is 56.3 Å². The molecule has 0 saturated carbocycles. The van der Waals surface area contributed by atoms with Crippen LogP contribution in [-0.4, -0.2) is 16.9 Å². The average Bonchev–Trinajstić information content (AvgIpc) is 2.37. The van der Waals surface area contributed by atoms with Crippen molar-refractivity contribution in [2.45, 2.75) is 52.0 Å². The summed E-state index contributed by atoms with van der Waals surface area (Å²) < 4.78 is 0. The number of carbonyl (C=O) groups is 1. The van der Waals surface area contributed by atoms with Gasteiger partial charge >= 0.3 is 0 Å². The van der Waals surface area contributed by atoms with Crippen LogP contribution in [0.4, 0.5) is 0 Å². The monoisotopic (exact) mass is 250 g/mol. The van der Waals surface area contributed by atoms with E-state index in [0.29, 0.717) is 5.56 Å². The number of carbonyl (C=O) groups excluding carboxylic acids is 1. The first-order chi connectivity index (χ1) is 8.67. The Hall–Kier alpha value is -1.58. The first-order valence-electron chi connectivity index (χ1n) is 6.67. The lowest BCUT2D eigenvalue weighted by Crippen LogP contribution is -2.35. The number of nitrogens with one attached hydrogen (secondary N) is 2. The first-order valence-corrected chi connectivity index (χ1v) is 6.67. The minimum atomic E-state index is -0.192. The van der Waals surface area contributed by atoms with Gasteiger partial charge in [-0.25, -0.2) is 0 Å². The zero-order valence-corrected chi connectivity index (χ0v) is 11.2. The van der Waals surface area contributed by atoms with Crippen molar-refractivity contribution < 1.29 is 4.79 Å². The van der Waals surface area contributed by atoms with Crippen molar-refractivity contribution in [1.29, 1.82) is 0 Å². The summed E-state index contributed by atoms with van der Waals surface area (Å²) in [6.07, 6.45) is 6.78. The Balaban J connectivity index is 2.59. The highest BCUT2D eigenvalue weighted by Gasteiger charge is 2.12. The summed E-state index contributed by atoms with van der Waals surface area (Å²) in [5.74, 6) is -0.110. The molecule has 0 aromatic carbocycles. The molecule has 2 N–H and O–H groups in total. The van der Waals surface area contributed by atoms with Gasteiger partial charge in [-0.05, 0) is 18.9 Å². The van der Waals surface area contributed by atoms with Gasteiger partial charge in [0.1, 0.15) is 0 Å². The molecule has 1 atom stereocenters. The fraction of sp³-hybridized carbons (Fsp3) is 0.571. The lowest BCUT2D eigenvalue weighted by atomic mass is 10.0. The summed E-state index contributed by atoms with van der Waals surface area (Å²) in [7, 11) is 0. The van der Waals surface area contributed by atoms with Crippen molar-refractivity contribution in [3.05, 3.63) is 34.2 Å². The summed E-state index contributed by atoms with van der Waals surface area (Å²) >= 11 is 0. The number of H-pyrrole nitrogens is 1. The molecule has 100 valence electrons. The number of aromatic nitrogens is 1. The summed E-state index contributed by atoms with van der Waals surface area (Å²) in [5.41, 5.74) is 0.315. The fourth-order valence-corrected chi connectivity index (χ4v) is 1.91. The molecule has 18 heavy (non-hydrogen) atoms. The SMILES string of the molecule is CCCCC(CCC)NC(=O)c1ccc(=O)[nH]c1. The summed E-state index contributed by atoms with van der Waals surface area (Å²) in [6, 6.07) is 3.15. The number of aromatic amines is 1. The van der Waals surface area contributed by atoms with Gasteiger partial charge in [-0.15, -0.1) is 0 Å². The minimum absolute atomic E-state index is 0.110. The van der Waals surface area contributed by atoms with E-state index in [1.807, 2.05) is 0 Å². The third kappa shape index (κ3) is 4.73. The Morgan fingerprint density at radius 3 is 2.61 bits per heavy atom. The second-order valence-electron chi connectivity index (χ2n) is 4.54. The molecule has 1 unspecified atom stereocenters. The van der Waals surface area contributed by atoms with Crippen LogP contribution in [0.2, 0.25) is 0 Å². The fourth-order valence-electron chi connectivity index (χ4n) is 1.91. The molecule has 0 aliphatic heterocycles. The maximum Gasteiger partial charge on any atom is 0.252 e. The van der Waals surface area contributed by atoms with Gasteiger partial charge in [0.15, 0.2) is 0 Å². The standard InChI is InChI=1S/C14H22N2O2/c1-3-5-7-12(6-4-2)16-14(18)11-8-9-13(17)15-10-11/h8-10,12H,3-7H2,1-2H3,(H,15,17)(H,16,18). The Labute approximate surface area is 108 Å². The van der Waals surface area contributed by atoms with Crippen molar-refractivity contribution >= 4 is 5.91 Å². The third-order valence-electron chi connectivity index (χ3n) is 2.92. The molecule has 1 aromatic heterocycles. The van der Waals surface area contributed by atoms with Gasteiger partial charge in [-0.1, -0.05) is 33.1 Å². The summed E-state index contributed by atoms with van der Waals surface area (Å²) in [4.78, 5) is 25.4. The summed E-state index contributed by atoms with van der Waals surface area (Å²) in [5, 5.41) is 3.03. The lowest BCUT2D eigenvalue weighted by molar-refractivity contribution is 0.0932. The van der Waals surface area contributed by atoms with Crippen molar-refractivity contribution in [3.63, 3.8) is 0 Å². The van der Waals surface area contributed by atoms with Gasteiger partial charge in [-0.2, -0.15) is 0 Å². The molecule has 1 aromatic rings. The molecule has 0 aliphatic rings. The van der Waals surface area contributed by atoms with Crippen molar-refractivity contribution in [2.75, 3.05) is 0 Å². The maximum atomic E-state index is 12.0.